The highest BCUT2D eigenvalue weighted by Gasteiger charge is 2.13. The normalized spacial score (nSPS) is 10.8. The third-order valence-corrected chi connectivity index (χ3v) is 2.81. The Balaban J connectivity index is 2.29. The van der Waals surface area contributed by atoms with Crippen molar-refractivity contribution in [2.75, 3.05) is 24.6 Å². The number of aliphatic hydroxyl groups excluding tert-OH is 1. The van der Waals surface area contributed by atoms with E-state index in [1.54, 1.807) is 0 Å². The molecule has 0 bridgehead atoms. The molecule has 8 nitrogen and oxygen atoms in total. The summed E-state index contributed by atoms with van der Waals surface area (Å²) >= 11 is 5.93. The summed E-state index contributed by atoms with van der Waals surface area (Å²) in [6.45, 7) is 3.30. The summed E-state index contributed by atoms with van der Waals surface area (Å²) in [4.78, 5) is 18.2. The number of hydrogen-bond acceptors (Lipinski definition) is 7. The average Bonchev–Trinajstić information content (AvgIpc) is 2.97. The molecular weight excluding hydrogens is 282 g/mol. The molecule has 1 N–H and O–H groups in total. The molecule has 2 aromatic rings. The van der Waals surface area contributed by atoms with E-state index in [0.717, 1.165) is 19.4 Å². The van der Waals surface area contributed by atoms with E-state index < -0.39 is 0 Å². The van der Waals surface area contributed by atoms with E-state index in [2.05, 4.69) is 32.0 Å². The lowest BCUT2D eigenvalue weighted by Gasteiger charge is -2.21. The lowest BCUT2D eigenvalue weighted by molar-refractivity contribution is 0.301. The third kappa shape index (κ3) is 3.61. The first kappa shape index (κ1) is 14.6. The molecule has 0 radical (unpaired) electrons. The van der Waals surface area contributed by atoms with Crippen LogP contribution in [0.5, 0.6) is 0 Å². The number of aliphatic hydroxyl groups is 1. The smallest absolute Gasteiger partial charge is 0.258 e. The second-order valence-corrected chi connectivity index (χ2v) is 4.45. The van der Waals surface area contributed by atoms with Gasteiger partial charge in [-0.3, -0.25) is 0 Å². The molecular formula is C11H16ClN7O. The van der Waals surface area contributed by atoms with Gasteiger partial charge in [-0.05, 0) is 18.0 Å². The first-order valence-electron chi connectivity index (χ1n) is 6.37. The highest BCUT2D eigenvalue weighted by atomic mass is 35.5. The van der Waals surface area contributed by atoms with Crippen LogP contribution in [-0.2, 0) is 0 Å². The summed E-state index contributed by atoms with van der Waals surface area (Å²) in [7, 11) is 0. The Bertz CT molecular complexity index is 534. The van der Waals surface area contributed by atoms with Crippen LogP contribution in [0, 0.1) is 0 Å². The van der Waals surface area contributed by atoms with E-state index in [1.165, 1.54) is 17.3 Å². The van der Waals surface area contributed by atoms with Crippen LogP contribution in [-0.4, -0.2) is 54.5 Å². The molecule has 0 amide bonds. The van der Waals surface area contributed by atoms with Crippen molar-refractivity contribution in [3.05, 3.63) is 17.9 Å². The van der Waals surface area contributed by atoms with Crippen molar-refractivity contribution in [2.45, 2.75) is 19.8 Å². The van der Waals surface area contributed by atoms with E-state index in [1.807, 2.05) is 4.90 Å². The Morgan fingerprint density at radius 2 is 2.15 bits per heavy atom. The van der Waals surface area contributed by atoms with Gasteiger partial charge in [0.1, 0.15) is 12.7 Å². The van der Waals surface area contributed by atoms with Crippen LogP contribution >= 0.6 is 11.6 Å². The summed E-state index contributed by atoms with van der Waals surface area (Å²) in [6.07, 6.45) is 4.89. The molecule has 0 saturated carbocycles. The van der Waals surface area contributed by atoms with E-state index in [-0.39, 0.29) is 11.9 Å². The molecule has 108 valence electrons. The SMILES string of the molecule is CCCCN(CCO)c1nc(Cl)nc(-n2cncn2)n1. The zero-order valence-electron chi connectivity index (χ0n) is 11.1. The number of rotatable bonds is 7. The maximum atomic E-state index is 9.15. The first-order valence-corrected chi connectivity index (χ1v) is 6.74. The highest BCUT2D eigenvalue weighted by Crippen LogP contribution is 2.13. The maximum absolute atomic E-state index is 9.15. The molecule has 0 aliphatic heterocycles. The summed E-state index contributed by atoms with van der Waals surface area (Å²) < 4.78 is 1.41. The van der Waals surface area contributed by atoms with Gasteiger partial charge in [0.05, 0.1) is 6.61 Å². The number of unbranched alkanes of at least 4 members (excludes halogenated alkanes) is 1. The van der Waals surface area contributed by atoms with Gasteiger partial charge in [-0.25, -0.2) is 4.98 Å². The van der Waals surface area contributed by atoms with Crippen molar-refractivity contribution in [3.8, 4) is 5.95 Å². The van der Waals surface area contributed by atoms with Crippen molar-refractivity contribution < 1.29 is 5.11 Å². The standard InChI is InChI=1S/C11H16ClN7O/c1-2-3-4-18(5-6-20)10-15-9(12)16-11(17-10)19-8-13-7-14-19/h7-8,20H,2-6H2,1H3. The minimum Gasteiger partial charge on any atom is -0.395 e. The molecule has 0 aliphatic rings. The lowest BCUT2D eigenvalue weighted by atomic mass is 10.3. The topological polar surface area (TPSA) is 92.8 Å². The molecule has 2 heterocycles. The summed E-state index contributed by atoms with van der Waals surface area (Å²) in [6, 6.07) is 0. The second kappa shape index (κ2) is 7.11. The maximum Gasteiger partial charge on any atom is 0.258 e. The highest BCUT2D eigenvalue weighted by molar-refractivity contribution is 6.28. The largest absolute Gasteiger partial charge is 0.395 e. The van der Waals surface area contributed by atoms with Crippen molar-refractivity contribution in [1.29, 1.82) is 0 Å². The van der Waals surface area contributed by atoms with Crippen molar-refractivity contribution in [1.82, 2.24) is 29.7 Å². The summed E-state index contributed by atoms with van der Waals surface area (Å²) in [5.74, 6) is 0.731. The van der Waals surface area contributed by atoms with Crippen molar-refractivity contribution in [2.24, 2.45) is 0 Å². The summed E-state index contributed by atoms with van der Waals surface area (Å²) in [5, 5.41) is 13.2. The van der Waals surface area contributed by atoms with Crippen LogP contribution in [0.15, 0.2) is 12.7 Å². The molecule has 0 spiro atoms. The monoisotopic (exact) mass is 297 g/mol. The Hall–Kier alpha value is -1.80. The minimum absolute atomic E-state index is 0.0195. The Labute approximate surface area is 121 Å². The minimum atomic E-state index is 0.0195. The zero-order valence-corrected chi connectivity index (χ0v) is 11.9. The number of aromatic nitrogens is 6. The predicted octanol–water partition coefficient (Wildman–Crippen LogP) is 0.704. The van der Waals surface area contributed by atoms with E-state index in [9.17, 15) is 0 Å². The quantitative estimate of drug-likeness (QED) is 0.804. The van der Waals surface area contributed by atoms with E-state index >= 15 is 0 Å². The third-order valence-electron chi connectivity index (χ3n) is 2.64. The predicted molar refractivity (Wildman–Crippen MR) is 74.0 cm³/mol. The summed E-state index contributed by atoms with van der Waals surface area (Å²) in [5.41, 5.74) is 0. The van der Waals surface area contributed by atoms with Gasteiger partial charge in [-0.1, -0.05) is 13.3 Å². The van der Waals surface area contributed by atoms with Gasteiger partial charge in [0.15, 0.2) is 0 Å². The van der Waals surface area contributed by atoms with Crippen molar-refractivity contribution in [3.63, 3.8) is 0 Å². The zero-order chi connectivity index (χ0) is 14.4. The molecule has 0 atom stereocenters. The Kier molecular flexibility index (Phi) is 5.19. The Morgan fingerprint density at radius 3 is 2.80 bits per heavy atom. The first-order chi connectivity index (χ1) is 9.74. The van der Waals surface area contributed by atoms with E-state index in [4.69, 9.17) is 16.7 Å². The van der Waals surface area contributed by atoms with Gasteiger partial charge in [0.25, 0.3) is 5.95 Å². The Morgan fingerprint density at radius 1 is 1.30 bits per heavy atom. The molecule has 20 heavy (non-hydrogen) atoms. The fraction of sp³-hybridized carbons (Fsp3) is 0.545. The number of anilines is 1. The van der Waals surface area contributed by atoms with Gasteiger partial charge in [0, 0.05) is 13.1 Å². The van der Waals surface area contributed by atoms with Gasteiger partial charge in [-0.15, -0.1) is 0 Å². The molecule has 0 aromatic carbocycles. The van der Waals surface area contributed by atoms with Crippen molar-refractivity contribution >= 4 is 17.5 Å². The lowest BCUT2D eigenvalue weighted by Crippen LogP contribution is -2.30. The van der Waals surface area contributed by atoms with Crippen LogP contribution in [0.4, 0.5) is 5.95 Å². The molecule has 0 aliphatic carbocycles. The van der Waals surface area contributed by atoms with Crippen LogP contribution in [0.2, 0.25) is 5.28 Å². The second-order valence-electron chi connectivity index (χ2n) is 4.11. The number of halogens is 1. The molecule has 0 saturated heterocycles. The van der Waals surface area contributed by atoms with Crippen LogP contribution in [0.25, 0.3) is 5.95 Å². The molecule has 2 rings (SSSR count). The molecule has 0 unspecified atom stereocenters. The van der Waals surface area contributed by atoms with Gasteiger partial charge < -0.3 is 10.0 Å². The average molecular weight is 298 g/mol. The fourth-order valence-corrected chi connectivity index (χ4v) is 1.82. The van der Waals surface area contributed by atoms with Crippen LogP contribution < -0.4 is 4.90 Å². The molecule has 9 heteroatoms. The van der Waals surface area contributed by atoms with Gasteiger partial charge in [-0.2, -0.15) is 24.7 Å². The number of nitrogens with zero attached hydrogens (tertiary/aromatic N) is 7. The van der Waals surface area contributed by atoms with Crippen LogP contribution in [0.1, 0.15) is 19.8 Å². The molecule has 2 aromatic heterocycles. The van der Waals surface area contributed by atoms with Gasteiger partial charge >= 0.3 is 0 Å². The van der Waals surface area contributed by atoms with E-state index in [0.29, 0.717) is 18.4 Å². The molecule has 0 fully saturated rings. The number of hydrogen-bond donors (Lipinski definition) is 1. The fourth-order valence-electron chi connectivity index (χ4n) is 1.67. The van der Waals surface area contributed by atoms with Crippen LogP contribution in [0.3, 0.4) is 0 Å². The van der Waals surface area contributed by atoms with Gasteiger partial charge in [0.2, 0.25) is 11.2 Å².